The molecule has 2 fully saturated rings. The van der Waals surface area contributed by atoms with Crippen LogP contribution >= 0.6 is 0 Å². The molecule has 0 amide bonds. The minimum atomic E-state index is 0.428. The first kappa shape index (κ1) is 14.1. The molecule has 1 saturated carbocycles. The van der Waals surface area contributed by atoms with E-state index in [2.05, 4.69) is 54.4 Å². The molecule has 1 aliphatic carbocycles. The third-order valence-corrected chi connectivity index (χ3v) is 5.28. The first-order valence-electron chi connectivity index (χ1n) is 8.26. The minimum Gasteiger partial charge on any atom is -0.307 e. The van der Waals surface area contributed by atoms with Gasteiger partial charge in [-0.15, -0.1) is 0 Å². The molecule has 1 spiro atoms. The topological polar surface area (TPSA) is 15.3 Å². The Morgan fingerprint density at radius 3 is 2.45 bits per heavy atom. The maximum absolute atomic E-state index is 3.84. The van der Waals surface area contributed by atoms with Crippen LogP contribution in [0.25, 0.3) is 0 Å². The molecular weight excluding hydrogens is 244 g/mol. The van der Waals surface area contributed by atoms with Crippen LogP contribution < -0.4 is 5.32 Å². The molecule has 1 saturated heterocycles. The van der Waals surface area contributed by atoms with Crippen LogP contribution in [0.3, 0.4) is 0 Å². The quantitative estimate of drug-likeness (QED) is 0.882. The molecule has 1 N–H and O–H groups in total. The Kier molecular flexibility index (Phi) is 4.13. The number of hydrogen-bond acceptors (Lipinski definition) is 2. The van der Waals surface area contributed by atoms with E-state index in [0.29, 0.717) is 17.6 Å². The monoisotopic (exact) mass is 272 g/mol. The number of hydrogen-bond donors (Lipinski definition) is 1. The van der Waals surface area contributed by atoms with Crippen molar-refractivity contribution in [2.45, 2.75) is 63.6 Å². The molecule has 110 valence electrons. The Hall–Kier alpha value is -0.860. The van der Waals surface area contributed by atoms with Gasteiger partial charge in [-0.1, -0.05) is 49.6 Å². The summed E-state index contributed by atoms with van der Waals surface area (Å²) < 4.78 is 0. The molecular formula is C18H28N2. The van der Waals surface area contributed by atoms with Crippen LogP contribution in [0.15, 0.2) is 30.3 Å². The lowest BCUT2D eigenvalue weighted by Gasteiger charge is -2.54. The van der Waals surface area contributed by atoms with Crippen LogP contribution in [0.1, 0.15) is 57.6 Å². The van der Waals surface area contributed by atoms with Gasteiger partial charge in [0, 0.05) is 30.7 Å². The number of rotatable bonds is 2. The van der Waals surface area contributed by atoms with Gasteiger partial charge in [0.2, 0.25) is 0 Å². The second-order valence-corrected chi connectivity index (χ2v) is 6.88. The predicted octanol–water partition coefficient (Wildman–Crippen LogP) is 3.74. The fourth-order valence-electron chi connectivity index (χ4n) is 4.21. The normalized spacial score (nSPS) is 27.1. The van der Waals surface area contributed by atoms with Gasteiger partial charge in [0.15, 0.2) is 0 Å². The van der Waals surface area contributed by atoms with E-state index in [-0.39, 0.29) is 0 Å². The van der Waals surface area contributed by atoms with Crippen molar-refractivity contribution >= 4 is 0 Å². The fraction of sp³-hybridized carbons (Fsp3) is 0.667. The molecule has 0 bridgehead atoms. The molecule has 1 atom stereocenters. The Morgan fingerprint density at radius 2 is 1.80 bits per heavy atom. The third kappa shape index (κ3) is 2.64. The second-order valence-electron chi connectivity index (χ2n) is 6.88. The van der Waals surface area contributed by atoms with Crippen molar-refractivity contribution in [2.24, 2.45) is 0 Å². The Balaban J connectivity index is 1.79. The first-order valence-corrected chi connectivity index (χ1v) is 8.26. The predicted molar refractivity (Wildman–Crippen MR) is 84.8 cm³/mol. The van der Waals surface area contributed by atoms with E-state index in [1.54, 1.807) is 0 Å². The van der Waals surface area contributed by atoms with Crippen LogP contribution in [-0.4, -0.2) is 29.6 Å². The molecule has 1 heterocycles. The van der Waals surface area contributed by atoms with Crippen LogP contribution in [-0.2, 0) is 0 Å². The molecule has 1 unspecified atom stereocenters. The van der Waals surface area contributed by atoms with Crippen LogP contribution in [0.4, 0.5) is 0 Å². The highest BCUT2D eigenvalue weighted by Crippen LogP contribution is 2.38. The average molecular weight is 272 g/mol. The standard InChI is InChI=1S/C18H28N2/c1-15(2)20-13-17(16-9-5-3-6-10-16)19-14-18(20)11-7-4-8-12-18/h3,5-6,9-10,15,17,19H,4,7-8,11-14H2,1-2H3. The maximum Gasteiger partial charge on any atom is 0.0450 e. The Bertz CT molecular complexity index is 420. The highest BCUT2D eigenvalue weighted by atomic mass is 15.3. The summed E-state index contributed by atoms with van der Waals surface area (Å²) in [4.78, 5) is 2.79. The van der Waals surface area contributed by atoms with E-state index in [9.17, 15) is 0 Å². The molecule has 1 aromatic carbocycles. The summed E-state index contributed by atoms with van der Waals surface area (Å²) in [7, 11) is 0. The molecule has 2 nitrogen and oxygen atoms in total. The van der Waals surface area contributed by atoms with Crippen molar-refractivity contribution < 1.29 is 0 Å². The van der Waals surface area contributed by atoms with Crippen LogP contribution in [0, 0.1) is 0 Å². The Labute approximate surface area is 123 Å². The van der Waals surface area contributed by atoms with E-state index in [1.807, 2.05) is 0 Å². The lowest BCUT2D eigenvalue weighted by atomic mass is 9.77. The molecule has 20 heavy (non-hydrogen) atoms. The highest BCUT2D eigenvalue weighted by Gasteiger charge is 2.43. The molecule has 1 aliphatic heterocycles. The highest BCUT2D eigenvalue weighted by molar-refractivity contribution is 5.21. The summed E-state index contributed by atoms with van der Waals surface area (Å²) in [5, 5.41) is 3.84. The number of nitrogens with zero attached hydrogens (tertiary/aromatic N) is 1. The zero-order valence-electron chi connectivity index (χ0n) is 12.9. The number of benzene rings is 1. The molecule has 1 aromatic rings. The third-order valence-electron chi connectivity index (χ3n) is 5.28. The lowest BCUT2D eigenvalue weighted by molar-refractivity contribution is -0.0133. The second kappa shape index (κ2) is 5.87. The smallest absolute Gasteiger partial charge is 0.0450 e. The van der Waals surface area contributed by atoms with Crippen molar-refractivity contribution in [3.63, 3.8) is 0 Å². The SMILES string of the molecule is CC(C)N1CC(c2ccccc2)NCC12CCCCC2. The van der Waals surface area contributed by atoms with Crippen molar-refractivity contribution in [2.75, 3.05) is 13.1 Å². The van der Waals surface area contributed by atoms with Gasteiger partial charge in [0.25, 0.3) is 0 Å². The van der Waals surface area contributed by atoms with E-state index >= 15 is 0 Å². The van der Waals surface area contributed by atoms with Gasteiger partial charge in [-0.2, -0.15) is 0 Å². The van der Waals surface area contributed by atoms with E-state index in [4.69, 9.17) is 0 Å². The molecule has 2 heteroatoms. The lowest BCUT2D eigenvalue weighted by Crippen LogP contribution is -2.64. The fourth-order valence-corrected chi connectivity index (χ4v) is 4.21. The number of nitrogens with one attached hydrogen (secondary N) is 1. The van der Waals surface area contributed by atoms with E-state index in [0.717, 1.165) is 13.1 Å². The van der Waals surface area contributed by atoms with Gasteiger partial charge in [-0.05, 0) is 32.3 Å². The van der Waals surface area contributed by atoms with Gasteiger partial charge in [-0.3, -0.25) is 4.90 Å². The van der Waals surface area contributed by atoms with Crippen LogP contribution in [0.5, 0.6) is 0 Å². The summed E-state index contributed by atoms with van der Waals surface area (Å²) in [6, 6.07) is 12.1. The summed E-state index contributed by atoms with van der Waals surface area (Å²) in [5.41, 5.74) is 1.86. The first-order chi connectivity index (χ1) is 9.71. The summed E-state index contributed by atoms with van der Waals surface area (Å²) in [6.45, 7) is 7.04. The van der Waals surface area contributed by atoms with E-state index in [1.165, 1.54) is 37.7 Å². The minimum absolute atomic E-state index is 0.428. The molecule has 0 aromatic heterocycles. The average Bonchev–Trinajstić information content (AvgIpc) is 2.49. The molecule has 0 radical (unpaired) electrons. The van der Waals surface area contributed by atoms with Crippen molar-refractivity contribution in [1.29, 1.82) is 0 Å². The number of piperazine rings is 1. The summed E-state index contributed by atoms with van der Waals surface area (Å²) >= 11 is 0. The summed E-state index contributed by atoms with van der Waals surface area (Å²) in [6.07, 6.45) is 6.98. The Morgan fingerprint density at radius 1 is 1.10 bits per heavy atom. The van der Waals surface area contributed by atoms with Gasteiger partial charge in [-0.25, -0.2) is 0 Å². The van der Waals surface area contributed by atoms with Crippen molar-refractivity contribution in [3.8, 4) is 0 Å². The molecule has 3 rings (SSSR count). The zero-order valence-corrected chi connectivity index (χ0v) is 12.9. The van der Waals surface area contributed by atoms with Crippen molar-refractivity contribution in [3.05, 3.63) is 35.9 Å². The van der Waals surface area contributed by atoms with Crippen molar-refractivity contribution in [1.82, 2.24) is 10.2 Å². The van der Waals surface area contributed by atoms with Gasteiger partial charge in [0.1, 0.15) is 0 Å². The van der Waals surface area contributed by atoms with Gasteiger partial charge in [0.05, 0.1) is 0 Å². The molecule has 2 aliphatic rings. The van der Waals surface area contributed by atoms with Crippen LogP contribution in [0.2, 0.25) is 0 Å². The maximum atomic E-state index is 3.84. The van der Waals surface area contributed by atoms with E-state index < -0.39 is 0 Å². The summed E-state index contributed by atoms with van der Waals surface area (Å²) in [5.74, 6) is 0. The van der Waals surface area contributed by atoms with Gasteiger partial charge >= 0.3 is 0 Å². The largest absolute Gasteiger partial charge is 0.307 e. The van der Waals surface area contributed by atoms with Gasteiger partial charge < -0.3 is 5.32 Å². The zero-order chi connectivity index (χ0) is 14.0.